The highest BCUT2D eigenvalue weighted by atomic mass is 32.1. The highest BCUT2D eigenvalue weighted by Gasteiger charge is 2.17. The van der Waals surface area contributed by atoms with Crippen LogP contribution in [0, 0.1) is 0 Å². The first-order valence-electron chi connectivity index (χ1n) is 5.04. The number of thiazole rings is 1. The summed E-state index contributed by atoms with van der Waals surface area (Å²) in [6.07, 6.45) is -2.48. The summed E-state index contributed by atoms with van der Waals surface area (Å²) in [7, 11) is 0. The molecule has 102 valence electrons. The minimum absolute atomic E-state index is 0.115. The van der Waals surface area contributed by atoms with E-state index in [1.807, 2.05) is 0 Å². The van der Waals surface area contributed by atoms with Crippen molar-refractivity contribution in [3.05, 3.63) is 11.1 Å². The lowest BCUT2D eigenvalue weighted by Crippen LogP contribution is -2.21. The van der Waals surface area contributed by atoms with Gasteiger partial charge in [-0.25, -0.2) is 13.8 Å². The second-order valence-corrected chi connectivity index (χ2v) is 4.14. The average molecular weight is 281 g/mol. The molecule has 0 aliphatic heterocycles. The number of nitrogens with two attached hydrogens (primary N) is 1. The van der Waals surface area contributed by atoms with Gasteiger partial charge in [-0.15, -0.1) is 11.3 Å². The third-order valence-corrected chi connectivity index (χ3v) is 2.69. The first-order chi connectivity index (χ1) is 8.50. The molecule has 0 bridgehead atoms. The summed E-state index contributed by atoms with van der Waals surface area (Å²) in [6, 6.07) is -1.16. The minimum Gasteiger partial charge on any atom is -0.480 e. The van der Waals surface area contributed by atoms with Crippen molar-refractivity contribution in [3.8, 4) is 0 Å². The zero-order valence-electron chi connectivity index (χ0n) is 9.31. The van der Waals surface area contributed by atoms with Crippen LogP contribution in [0.5, 0.6) is 0 Å². The van der Waals surface area contributed by atoms with E-state index in [1.165, 1.54) is 16.7 Å². The van der Waals surface area contributed by atoms with E-state index in [9.17, 15) is 13.6 Å². The third-order valence-electron chi connectivity index (χ3n) is 1.87. The van der Waals surface area contributed by atoms with Gasteiger partial charge in [-0.3, -0.25) is 4.79 Å². The molecule has 0 saturated heterocycles. The molecule has 0 spiro atoms. The monoisotopic (exact) mass is 281 g/mol. The van der Waals surface area contributed by atoms with Gasteiger partial charge in [0, 0.05) is 11.9 Å². The summed E-state index contributed by atoms with van der Waals surface area (Å²) in [5.74, 6) is -1.16. The summed E-state index contributed by atoms with van der Waals surface area (Å²) in [5.41, 5.74) is 5.62. The van der Waals surface area contributed by atoms with Crippen molar-refractivity contribution >= 4 is 22.4 Å². The second kappa shape index (κ2) is 7.19. The number of rotatable bonds is 8. The van der Waals surface area contributed by atoms with Gasteiger partial charge in [0.15, 0.2) is 5.13 Å². The van der Waals surface area contributed by atoms with Crippen molar-refractivity contribution in [1.82, 2.24) is 4.98 Å². The summed E-state index contributed by atoms with van der Waals surface area (Å²) in [6.45, 7) is -0.180. The number of anilines is 1. The van der Waals surface area contributed by atoms with Crippen LogP contribution in [0.4, 0.5) is 13.9 Å². The highest BCUT2D eigenvalue weighted by Crippen LogP contribution is 2.19. The van der Waals surface area contributed by atoms with Crippen molar-refractivity contribution in [2.45, 2.75) is 12.5 Å². The molecule has 1 heterocycles. The molecule has 0 amide bonds. The number of aliphatic carboxylic acids is 1. The lowest BCUT2D eigenvalue weighted by Gasteiger charge is -2.04. The van der Waals surface area contributed by atoms with Crippen molar-refractivity contribution in [3.63, 3.8) is 0 Å². The van der Waals surface area contributed by atoms with Crippen LogP contribution < -0.4 is 11.1 Å². The van der Waals surface area contributed by atoms with Gasteiger partial charge in [0.1, 0.15) is 12.6 Å². The largest absolute Gasteiger partial charge is 0.480 e. The lowest BCUT2D eigenvalue weighted by atomic mass is 10.2. The zero-order chi connectivity index (χ0) is 13.5. The number of carboxylic acid groups (broad SMARTS) is 1. The Morgan fingerprint density at radius 1 is 1.67 bits per heavy atom. The molecule has 1 atom stereocenters. The Morgan fingerprint density at radius 3 is 3.00 bits per heavy atom. The van der Waals surface area contributed by atoms with E-state index in [1.54, 1.807) is 0 Å². The molecule has 18 heavy (non-hydrogen) atoms. The number of alkyl halides is 2. The van der Waals surface area contributed by atoms with E-state index in [4.69, 9.17) is 10.8 Å². The number of hydrogen-bond acceptors (Lipinski definition) is 6. The SMILES string of the molecule is NC(C(=O)O)c1csc(NCCOCC(F)F)n1. The molecular formula is C9H13F2N3O3S. The smallest absolute Gasteiger partial charge is 0.326 e. The minimum atomic E-state index is -2.48. The Kier molecular flexibility index (Phi) is 5.89. The Morgan fingerprint density at radius 2 is 2.39 bits per heavy atom. The van der Waals surface area contributed by atoms with Crippen LogP contribution in [0.25, 0.3) is 0 Å². The number of hydrogen-bond donors (Lipinski definition) is 3. The van der Waals surface area contributed by atoms with Crippen LogP contribution in [-0.2, 0) is 9.53 Å². The van der Waals surface area contributed by atoms with Gasteiger partial charge in [-0.2, -0.15) is 0 Å². The van der Waals surface area contributed by atoms with E-state index in [0.717, 1.165) is 0 Å². The van der Waals surface area contributed by atoms with Gasteiger partial charge >= 0.3 is 5.97 Å². The first kappa shape index (κ1) is 14.7. The van der Waals surface area contributed by atoms with Gasteiger partial charge in [-0.1, -0.05) is 0 Å². The van der Waals surface area contributed by atoms with Gasteiger partial charge < -0.3 is 20.9 Å². The van der Waals surface area contributed by atoms with Crippen molar-refractivity contribution in [2.24, 2.45) is 5.73 Å². The summed E-state index contributed by atoms with van der Waals surface area (Å²) >= 11 is 1.19. The van der Waals surface area contributed by atoms with Crippen molar-refractivity contribution in [2.75, 3.05) is 25.1 Å². The average Bonchev–Trinajstić information content (AvgIpc) is 2.75. The molecular weight excluding hydrogens is 268 g/mol. The topological polar surface area (TPSA) is 97.5 Å². The number of nitrogens with one attached hydrogen (secondary N) is 1. The van der Waals surface area contributed by atoms with E-state index in [2.05, 4.69) is 15.0 Å². The van der Waals surface area contributed by atoms with E-state index >= 15 is 0 Å². The third kappa shape index (κ3) is 4.90. The van der Waals surface area contributed by atoms with Crippen molar-refractivity contribution < 1.29 is 23.4 Å². The first-order valence-corrected chi connectivity index (χ1v) is 5.92. The Balaban J connectivity index is 2.29. The van der Waals surface area contributed by atoms with Gasteiger partial charge in [0.25, 0.3) is 6.43 Å². The maximum Gasteiger partial charge on any atom is 0.326 e. The van der Waals surface area contributed by atoms with Gasteiger partial charge in [0.05, 0.1) is 12.3 Å². The molecule has 0 aromatic carbocycles. The summed E-state index contributed by atoms with van der Waals surface area (Å²) in [5, 5.41) is 13.5. The summed E-state index contributed by atoms with van der Waals surface area (Å²) < 4.78 is 28.1. The molecule has 6 nitrogen and oxygen atoms in total. The zero-order valence-corrected chi connectivity index (χ0v) is 10.1. The fraction of sp³-hybridized carbons (Fsp3) is 0.556. The second-order valence-electron chi connectivity index (χ2n) is 3.29. The molecule has 9 heteroatoms. The number of carbonyl (C=O) groups is 1. The molecule has 0 aliphatic carbocycles. The normalized spacial score (nSPS) is 12.7. The Hall–Kier alpha value is -1.32. The number of ether oxygens (including phenoxy) is 1. The predicted octanol–water partition coefficient (Wildman–Crippen LogP) is 0.921. The quantitative estimate of drug-likeness (QED) is 0.613. The molecule has 0 fully saturated rings. The molecule has 1 aromatic rings. The lowest BCUT2D eigenvalue weighted by molar-refractivity contribution is -0.138. The van der Waals surface area contributed by atoms with Gasteiger partial charge in [0.2, 0.25) is 0 Å². The van der Waals surface area contributed by atoms with E-state index in [-0.39, 0.29) is 12.3 Å². The van der Waals surface area contributed by atoms with Crippen LogP contribution >= 0.6 is 11.3 Å². The van der Waals surface area contributed by atoms with Gasteiger partial charge in [-0.05, 0) is 0 Å². The van der Waals surface area contributed by atoms with E-state index < -0.39 is 25.0 Å². The van der Waals surface area contributed by atoms with Crippen molar-refractivity contribution in [1.29, 1.82) is 0 Å². The number of aromatic nitrogens is 1. The summed E-state index contributed by atoms with van der Waals surface area (Å²) in [4.78, 5) is 14.6. The fourth-order valence-corrected chi connectivity index (χ4v) is 1.81. The predicted molar refractivity (Wildman–Crippen MR) is 62.0 cm³/mol. The Labute approximate surface area is 106 Å². The molecule has 1 aromatic heterocycles. The van der Waals surface area contributed by atoms with E-state index in [0.29, 0.717) is 11.7 Å². The maximum absolute atomic E-state index is 11.7. The standard InChI is InChI=1S/C9H13F2N3O3S/c10-6(11)3-17-2-1-13-9-14-5(4-18-9)7(12)8(15)16/h4,6-7H,1-3,12H2,(H,13,14)(H,15,16). The molecule has 0 radical (unpaired) electrons. The number of halogens is 2. The van der Waals surface area contributed by atoms with Crippen LogP contribution in [0.15, 0.2) is 5.38 Å². The number of nitrogens with zero attached hydrogens (tertiary/aromatic N) is 1. The van der Waals surface area contributed by atoms with Crippen LogP contribution in [0.2, 0.25) is 0 Å². The number of carboxylic acids is 1. The van der Waals surface area contributed by atoms with Crippen LogP contribution in [0.3, 0.4) is 0 Å². The Bertz CT molecular complexity index is 389. The van der Waals surface area contributed by atoms with Crippen LogP contribution in [0.1, 0.15) is 11.7 Å². The molecule has 1 unspecified atom stereocenters. The maximum atomic E-state index is 11.7. The highest BCUT2D eigenvalue weighted by molar-refractivity contribution is 7.13. The molecule has 1 rings (SSSR count). The molecule has 4 N–H and O–H groups in total. The van der Waals surface area contributed by atoms with Crippen LogP contribution in [-0.4, -0.2) is 42.2 Å². The fourth-order valence-electron chi connectivity index (χ4n) is 1.04. The molecule has 0 saturated carbocycles. The molecule has 0 aliphatic rings.